The van der Waals surface area contributed by atoms with Gasteiger partial charge in [0.25, 0.3) is 5.91 Å². The van der Waals surface area contributed by atoms with Gasteiger partial charge >= 0.3 is 0 Å². The largest absolute Gasteiger partial charge is 0.466 e. The molecule has 28 heavy (non-hydrogen) atoms. The van der Waals surface area contributed by atoms with Crippen LogP contribution in [-0.4, -0.2) is 58.5 Å². The molecule has 8 nitrogen and oxygen atoms in total. The average Bonchev–Trinajstić information content (AvgIpc) is 3.21. The molecule has 1 unspecified atom stereocenters. The van der Waals surface area contributed by atoms with Crippen molar-refractivity contribution in [3.8, 4) is 5.88 Å². The summed E-state index contributed by atoms with van der Waals surface area (Å²) in [7, 11) is 0. The minimum atomic E-state index is -0.178. The average molecular weight is 396 g/mol. The lowest BCUT2D eigenvalue weighted by atomic mass is 10.1. The third-order valence-corrected chi connectivity index (χ3v) is 6.15. The number of thiazole rings is 1. The number of carbonyl (C=O) groups is 1. The summed E-state index contributed by atoms with van der Waals surface area (Å²) in [6.07, 6.45) is 1.62. The Balaban J connectivity index is 1.26. The Hall–Kier alpha value is -2.78. The van der Waals surface area contributed by atoms with Crippen LogP contribution in [0.25, 0.3) is 10.2 Å². The zero-order valence-electron chi connectivity index (χ0n) is 15.5. The molecule has 0 aliphatic carbocycles. The van der Waals surface area contributed by atoms with Gasteiger partial charge < -0.3 is 15.0 Å². The highest BCUT2D eigenvalue weighted by Gasteiger charge is 2.25. The Bertz CT molecular complexity index is 1030. The van der Waals surface area contributed by atoms with E-state index in [9.17, 15) is 4.79 Å². The third kappa shape index (κ3) is 3.16. The first kappa shape index (κ1) is 17.3. The van der Waals surface area contributed by atoms with Crippen LogP contribution in [0.5, 0.6) is 5.88 Å². The van der Waals surface area contributed by atoms with Crippen molar-refractivity contribution in [3.05, 3.63) is 35.5 Å². The van der Waals surface area contributed by atoms with Crippen LogP contribution in [-0.2, 0) is 4.79 Å². The summed E-state index contributed by atoms with van der Waals surface area (Å²) in [4.78, 5) is 29.3. The molecule has 1 saturated heterocycles. The molecule has 5 rings (SSSR count). The van der Waals surface area contributed by atoms with Gasteiger partial charge in [-0.1, -0.05) is 6.07 Å². The number of benzene rings is 1. The van der Waals surface area contributed by atoms with Crippen LogP contribution in [0.3, 0.4) is 0 Å². The van der Waals surface area contributed by atoms with Crippen molar-refractivity contribution in [2.75, 3.05) is 43.0 Å². The Kier molecular flexibility index (Phi) is 4.33. The zero-order chi connectivity index (χ0) is 19.1. The van der Waals surface area contributed by atoms with E-state index < -0.39 is 0 Å². The summed E-state index contributed by atoms with van der Waals surface area (Å²) < 4.78 is 6.63. The van der Waals surface area contributed by atoms with Gasteiger partial charge in [0.2, 0.25) is 11.8 Å². The second kappa shape index (κ2) is 6.99. The minimum Gasteiger partial charge on any atom is -0.466 e. The molecule has 4 heterocycles. The van der Waals surface area contributed by atoms with Crippen LogP contribution in [0.1, 0.15) is 18.5 Å². The maximum absolute atomic E-state index is 11.4. The molecular formula is C19H20N6O2S. The highest BCUT2D eigenvalue weighted by molar-refractivity contribution is 7.16. The lowest BCUT2D eigenvalue weighted by Crippen LogP contribution is -2.47. The van der Waals surface area contributed by atoms with Crippen LogP contribution in [0.4, 0.5) is 11.6 Å². The van der Waals surface area contributed by atoms with Gasteiger partial charge in [-0.2, -0.15) is 4.98 Å². The normalized spacial score (nSPS) is 18.5. The highest BCUT2D eigenvalue weighted by Crippen LogP contribution is 2.29. The van der Waals surface area contributed by atoms with Gasteiger partial charge in [-0.25, -0.2) is 9.97 Å². The predicted octanol–water partition coefficient (Wildman–Crippen LogP) is 2.30. The number of hydrogen-bond acceptors (Lipinski definition) is 8. The third-order valence-electron chi connectivity index (χ3n) is 5.34. The van der Waals surface area contributed by atoms with Crippen LogP contribution >= 0.6 is 11.3 Å². The fraction of sp³-hybridized carbons (Fsp3) is 0.368. The van der Waals surface area contributed by atoms with Crippen LogP contribution < -0.4 is 15.0 Å². The van der Waals surface area contributed by atoms with Crippen molar-refractivity contribution in [1.29, 1.82) is 0 Å². The molecule has 144 valence electrons. The number of carbonyl (C=O) groups excluding carboxylic acids is 1. The lowest BCUT2D eigenvalue weighted by molar-refractivity contribution is -0.118. The number of piperazine rings is 1. The van der Waals surface area contributed by atoms with Crippen molar-refractivity contribution >= 4 is 39.1 Å². The second-order valence-corrected chi connectivity index (χ2v) is 7.89. The summed E-state index contributed by atoms with van der Waals surface area (Å²) in [5, 5.41) is 2.72. The number of nitrogens with one attached hydrogen (secondary N) is 1. The fourth-order valence-corrected chi connectivity index (χ4v) is 4.34. The first-order chi connectivity index (χ1) is 13.7. The molecule has 1 N–H and O–H groups in total. The van der Waals surface area contributed by atoms with Crippen LogP contribution in [0.2, 0.25) is 0 Å². The van der Waals surface area contributed by atoms with E-state index in [-0.39, 0.29) is 12.5 Å². The van der Waals surface area contributed by atoms with Gasteiger partial charge in [-0.05, 0) is 24.6 Å². The number of hydrogen-bond donors (Lipinski definition) is 1. The molecule has 1 amide bonds. The first-order valence-corrected chi connectivity index (χ1v) is 10.2. The van der Waals surface area contributed by atoms with Gasteiger partial charge in [0.1, 0.15) is 5.69 Å². The number of aromatic nitrogens is 3. The summed E-state index contributed by atoms with van der Waals surface area (Å²) >= 11 is 1.67. The lowest BCUT2D eigenvalue weighted by Gasteiger charge is -2.38. The van der Waals surface area contributed by atoms with Crippen molar-refractivity contribution in [3.63, 3.8) is 0 Å². The maximum atomic E-state index is 11.4. The van der Waals surface area contributed by atoms with Gasteiger partial charge in [-0.3, -0.25) is 9.69 Å². The molecule has 3 aromatic rings. The van der Waals surface area contributed by atoms with Gasteiger partial charge in [0.05, 0.1) is 21.9 Å². The molecule has 0 bridgehead atoms. The fourth-order valence-electron chi connectivity index (χ4n) is 3.68. The standard InChI is InChI=1S/C19H20N6O2S/c1-12(13-2-3-16-14(8-13)21-11-28-16)24-4-6-25(7-5-24)19-20-9-15-18(23-19)27-10-17(26)22-15/h2-3,8-9,11-12H,4-7,10H2,1H3,(H,22,26). The number of anilines is 2. The molecule has 2 aliphatic heterocycles. The predicted molar refractivity (Wildman–Crippen MR) is 108 cm³/mol. The number of nitrogens with zero attached hydrogens (tertiary/aromatic N) is 5. The molecule has 0 spiro atoms. The quantitative estimate of drug-likeness (QED) is 0.727. The van der Waals surface area contributed by atoms with Crippen molar-refractivity contribution < 1.29 is 9.53 Å². The van der Waals surface area contributed by atoms with Crippen molar-refractivity contribution in [2.45, 2.75) is 13.0 Å². The van der Waals surface area contributed by atoms with E-state index in [0.717, 1.165) is 31.7 Å². The van der Waals surface area contributed by atoms with Crippen molar-refractivity contribution in [1.82, 2.24) is 19.9 Å². The van der Waals surface area contributed by atoms with E-state index in [1.54, 1.807) is 17.5 Å². The number of ether oxygens (including phenoxy) is 1. The topological polar surface area (TPSA) is 83.5 Å². The summed E-state index contributed by atoms with van der Waals surface area (Å²) in [5.41, 5.74) is 4.79. The molecule has 0 radical (unpaired) electrons. The molecule has 9 heteroatoms. The highest BCUT2D eigenvalue weighted by atomic mass is 32.1. The van der Waals surface area contributed by atoms with Crippen molar-refractivity contribution in [2.24, 2.45) is 0 Å². The molecule has 1 aromatic carbocycles. The Morgan fingerprint density at radius 2 is 2.07 bits per heavy atom. The van der Waals surface area contributed by atoms with E-state index in [2.05, 4.69) is 55.2 Å². The number of fused-ring (bicyclic) bond motifs is 2. The SMILES string of the molecule is CC(c1ccc2scnc2c1)N1CCN(c2ncc3c(n2)OCC(=O)N3)CC1. The number of rotatable bonds is 3. The van der Waals surface area contributed by atoms with E-state index in [1.807, 2.05) is 5.51 Å². The van der Waals surface area contributed by atoms with Crippen LogP contribution in [0.15, 0.2) is 29.9 Å². The smallest absolute Gasteiger partial charge is 0.262 e. The molecule has 2 aromatic heterocycles. The first-order valence-electron chi connectivity index (χ1n) is 9.29. The van der Waals surface area contributed by atoms with Crippen LogP contribution in [0, 0.1) is 0 Å². The summed E-state index contributed by atoms with van der Waals surface area (Å²) in [5.74, 6) is 0.908. The van der Waals surface area contributed by atoms with Gasteiger partial charge in [0, 0.05) is 32.2 Å². The van der Waals surface area contributed by atoms with E-state index in [1.165, 1.54) is 10.3 Å². The van der Waals surface area contributed by atoms with Gasteiger partial charge in [-0.15, -0.1) is 11.3 Å². The molecule has 1 atom stereocenters. The van der Waals surface area contributed by atoms with E-state index >= 15 is 0 Å². The molecule has 0 saturated carbocycles. The number of amides is 1. The molecule has 2 aliphatic rings. The molecule has 1 fully saturated rings. The Morgan fingerprint density at radius 3 is 2.93 bits per heavy atom. The Morgan fingerprint density at radius 1 is 1.21 bits per heavy atom. The monoisotopic (exact) mass is 396 g/mol. The van der Waals surface area contributed by atoms with Gasteiger partial charge in [0.15, 0.2) is 6.61 Å². The van der Waals surface area contributed by atoms with E-state index in [0.29, 0.717) is 23.6 Å². The maximum Gasteiger partial charge on any atom is 0.262 e. The van der Waals surface area contributed by atoms with E-state index in [4.69, 9.17) is 4.74 Å². The second-order valence-electron chi connectivity index (χ2n) is 7.00. The summed E-state index contributed by atoms with van der Waals surface area (Å²) in [6, 6.07) is 6.89. The molecular weight excluding hydrogens is 376 g/mol. The summed E-state index contributed by atoms with van der Waals surface area (Å²) in [6.45, 7) is 5.78. The minimum absolute atomic E-state index is 0.00191. The Labute approximate surface area is 166 Å². The zero-order valence-corrected chi connectivity index (χ0v) is 16.3.